The van der Waals surface area contributed by atoms with Crippen molar-refractivity contribution in [1.82, 2.24) is 10.2 Å². The average Bonchev–Trinajstić information content (AvgIpc) is 2.31. The zero-order valence-electron chi connectivity index (χ0n) is 10.3. The van der Waals surface area contributed by atoms with Crippen LogP contribution >= 0.6 is 0 Å². The molecular formula is C13H24N2O. The van der Waals surface area contributed by atoms with E-state index in [1.54, 1.807) is 0 Å². The van der Waals surface area contributed by atoms with Crippen molar-refractivity contribution in [3.05, 3.63) is 12.7 Å². The Labute approximate surface area is 98.8 Å². The predicted molar refractivity (Wildman–Crippen MR) is 66.6 cm³/mol. The van der Waals surface area contributed by atoms with Crippen molar-refractivity contribution >= 4 is 0 Å². The van der Waals surface area contributed by atoms with E-state index in [1.165, 1.54) is 19.4 Å². The fourth-order valence-electron chi connectivity index (χ4n) is 2.71. The maximum absolute atomic E-state index is 5.41. The highest BCUT2D eigenvalue weighted by molar-refractivity contribution is 4.95. The third kappa shape index (κ3) is 3.06. The highest BCUT2D eigenvalue weighted by Gasteiger charge is 2.26. The maximum Gasteiger partial charge on any atom is 0.0469 e. The molecule has 2 atom stereocenters. The first-order valence-corrected chi connectivity index (χ1v) is 6.47. The fraction of sp³-hybridized carbons (Fsp3) is 0.846. The van der Waals surface area contributed by atoms with Crippen LogP contribution in [0.2, 0.25) is 0 Å². The molecule has 2 heterocycles. The Morgan fingerprint density at radius 2 is 2.19 bits per heavy atom. The third-order valence-electron chi connectivity index (χ3n) is 3.76. The molecule has 0 saturated carbocycles. The molecule has 0 aromatic heterocycles. The lowest BCUT2D eigenvalue weighted by atomic mass is 9.97. The topological polar surface area (TPSA) is 24.5 Å². The van der Waals surface area contributed by atoms with Gasteiger partial charge in [-0.15, -0.1) is 6.58 Å². The number of piperazine rings is 1. The first-order valence-electron chi connectivity index (χ1n) is 6.47. The summed E-state index contributed by atoms with van der Waals surface area (Å²) in [5, 5.41) is 3.51. The van der Waals surface area contributed by atoms with Gasteiger partial charge in [-0.3, -0.25) is 4.90 Å². The largest absolute Gasteiger partial charge is 0.381 e. The Bertz CT molecular complexity index is 226. The lowest BCUT2D eigenvalue weighted by molar-refractivity contribution is 0.0423. The van der Waals surface area contributed by atoms with E-state index in [0.29, 0.717) is 12.1 Å². The molecule has 0 aromatic carbocycles. The van der Waals surface area contributed by atoms with E-state index in [9.17, 15) is 0 Å². The molecule has 2 saturated heterocycles. The maximum atomic E-state index is 5.41. The molecule has 2 rings (SSSR count). The first kappa shape index (κ1) is 12.1. The summed E-state index contributed by atoms with van der Waals surface area (Å²) in [6, 6.07) is 1.12. The Kier molecular flexibility index (Phi) is 4.38. The van der Waals surface area contributed by atoms with Gasteiger partial charge in [0.1, 0.15) is 0 Å². The average molecular weight is 224 g/mol. The molecule has 92 valence electrons. The number of hydrogen-bond acceptors (Lipinski definition) is 3. The third-order valence-corrected chi connectivity index (χ3v) is 3.76. The molecule has 3 heteroatoms. The predicted octanol–water partition coefficient (Wildman–Crippen LogP) is 1.26. The molecule has 0 amide bonds. The van der Waals surface area contributed by atoms with Gasteiger partial charge < -0.3 is 10.1 Å². The fourth-order valence-corrected chi connectivity index (χ4v) is 2.71. The summed E-state index contributed by atoms with van der Waals surface area (Å²) in [7, 11) is 0. The van der Waals surface area contributed by atoms with Gasteiger partial charge in [0.15, 0.2) is 0 Å². The molecule has 0 bridgehead atoms. The number of ether oxygens (including phenoxy) is 1. The quantitative estimate of drug-likeness (QED) is 0.731. The van der Waals surface area contributed by atoms with E-state index >= 15 is 0 Å². The van der Waals surface area contributed by atoms with Gasteiger partial charge >= 0.3 is 0 Å². The van der Waals surface area contributed by atoms with Crippen LogP contribution in [-0.4, -0.2) is 49.8 Å². The Hall–Kier alpha value is -0.380. The molecule has 2 aliphatic heterocycles. The zero-order chi connectivity index (χ0) is 11.4. The molecule has 0 aromatic rings. The van der Waals surface area contributed by atoms with Crippen LogP contribution in [0.3, 0.4) is 0 Å². The smallest absolute Gasteiger partial charge is 0.0469 e. The monoisotopic (exact) mass is 224 g/mol. The number of hydrogen-bond donors (Lipinski definition) is 1. The molecular weight excluding hydrogens is 200 g/mol. The van der Waals surface area contributed by atoms with E-state index in [2.05, 4.69) is 29.8 Å². The van der Waals surface area contributed by atoms with Crippen molar-refractivity contribution in [2.24, 2.45) is 5.92 Å². The molecule has 2 aliphatic rings. The summed E-state index contributed by atoms with van der Waals surface area (Å²) >= 11 is 0. The van der Waals surface area contributed by atoms with Crippen molar-refractivity contribution < 1.29 is 4.74 Å². The van der Waals surface area contributed by atoms with Gasteiger partial charge in [-0.05, 0) is 25.7 Å². The minimum atomic E-state index is 0.513. The van der Waals surface area contributed by atoms with Crippen molar-refractivity contribution in [1.29, 1.82) is 0 Å². The van der Waals surface area contributed by atoms with Crippen molar-refractivity contribution in [3.63, 3.8) is 0 Å². The second-order valence-corrected chi connectivity index (χ2v) is 5.12. The van der Waals surface area contributed by atoms with Crippen LogP contribution in [-0.2, 0) is 4.74 Å². The van der Waals surface area contributed by atoms with Gasteiger partial charge in [0.05, 0.1) is 0 Å². The van der Waals surface area contributed by atoms with Crippen LogP contribution in [0, 0.1) is 5.92 Å². The van der Waals surface area contributed by atoms with Crippen molar-refractivity contribution in [3.8, 4) is 0 Å². The second-order valence-electron chi connectivity index (χ2n) is 5.12. The van der Waals surface area contributed by atoms with Crippen molar-refractivity contribution in [2.45, 2.75) is 31.8 Å². The number of nitrogens with zero attached hydrogens (tertiary/aromatic N) is 1. The normalized spacial score (nSPS) is 33.8. The summed E-state index contributed by atoms with van der Waals surface area (Å²) in [5.41, 5.74) is 0. The van der Waals surface area contributed by atoms with Gasteiger partial charge in [0.25, 0.3) is 0 Å². The number of rotatable bonds is 3. The van der Waals surface area contributed by atoms with E-state index in [-0.39, 0.29) is 0 Å². The summed E-state index contributed by atoms with van der Waals surface area (Å²) in [6.45, 7) is 11.5. The summed E-state index contributed by atoms with van der Waals surface area (Å²) in [6.07, 6.45) is 4.53. The molecule has 0 aliphatic carbocycles. The van der Waals surface area contributed by atoms with Crippen LogP contribution in [0.5, 0.6) is 0 Å². The lowest BCUT2D eigenvalue weighted by Gasteiger charge is -2.40. The summed E-state index contributed by atoms with van der Waals surface area (Å²) < 4.78 is 5.41. The van der Waals surface area contributed by atoms with Crippen LogP contribution in [0.1, 0.15) is 19.8 Å². The van der Waals surface area contributed by atoms with Gasteiger partial charge in [-0.1, -0.05) is 6.08 Å². The summed E-state index contributed by atoms with van der Waals surface area (Å²) in [4.78, 5) is 2.59. The van der Waals surface area contributed by atoms with Crippen LogP contribution < -0.4 is 5.32 Å². The zero-order valence-corrected chi connectivity index (χ0v) is 10.3. The molecule has 0 unspecified atom stereocenters. The Morgan fingerprint density at radius 3 is 2.88 bits per heavy atom. The minimum absolute atomic E-state index is 0.513. The molecule has 16 heavy (non-hydrogen) atoms. The standard InChI is InChI=1S/C13H24N2O/c1-3-13-8-14-11(2)9-15(13)10-12-4-6-16-7-5-12/h3,11-14H,1,4-10H2,2H3/t11-,13+/m0/s1. The molecule has 1 N–H and O–H groups in total. The molecule has 3 nitrogen and oxygen atoms in total. The van der Waals surface area contributed by atoms with Gasteiger partial charge in [0, 0.05) is 44.9 Å². The van der Waals surface area contributed by atoms with Gasteiger partial charge in [0.2, 0.25) is 0 Å². The van der Waals surface area contributed by atoms with E-state index in [0.717, 1.165) is 32.2 Å². The Balaban J connectivity index is 1.86. The van der Waals surface area contributed by atoms with E-state index in [4.69, 9.17) is 4.74 Å². The van der Waals surface area contributed by atoms with Gasteiger partial charge in [-0.25, -0.2) is 0 Å². The second kappa shape index (κ2) is 5.80. The lowest BCUT2D eigenvalue weighted by Crippen LogP contribution is -2.55. The Morgan fingerprint density at radius 1 is 1.44 bits per heavy atom. The molecule has 0 spiro atoms. The molecule has 2 fully saturated rings. The highest BCUT2D eigenvalue weighted by Crippen LogP contribution is 2.19. The van der Waals surface area contributed by atoms with Crippen molar-refractivity contribution in [2.75, 3.05) is 32.8 Å². The first-order chi connectivity index (χ1) is 7.79. The van der Waals surface area contributed by atoms with Crippen LogP contribution in [0.4, 0.5) is 0 Å². The SMILES string of the molecule is C=C[C@@H]1CN[C@@H](C)CN1CC1CCOCC1. The van der Waals surface area contributed by atoms with Gasteiger partial charge in [-0.2, -0.15) is 0 Å². The minimum Gasteiger partial charge on any atom is -0.381 e. The summed E-state index contributed by atoms with van der Waals surface area (Å²) in [5.74, 6) is 0.821. The highest BCUT2D eigenvalue weighted by atomic mass is 16.5. The van der Waals surface area contributed by atoms with Crippen LogP contribution in [0.25, 0.3) is 0 Å². The van der Waals surface area contributed by atoms with E-state index < -0.39 is 0 Å². The number of nitrogens with one attached hydrogen (secondary N) is 1. The van der Waals surface area contributed by atoms with Crippen LogP contribution in [0.15, 0.2) is 12.7 Å². The van der Waals surface area contributed by atoms with E-state index in [1.807, 2.05) is 0 Å². The molecule has 0 radical (unpaired) electrons.